The van der Waals surface area contributed by atoms with E-state index in [9.17, 15) is 18.3 Å². The molecule has 2 heterocycles. The van der Waals surface area contributed by atoms with E-state index in [4.69, 9.17) is 0 Å². The van der Waals surface area contributed by atoms with Crippen molar-refractivity contribution in [1.82, 2.24) is 9.29 Å². The maximum absolute atomic E-state index is 12.5. The van der Waals surface area contributed by atoms with Gasteiger partial charge in [-0.25, -0.2) is 8.42 Å². The first-order valence-corrected chi connectivity index (χ1v) is 8.66. The molecule has 1 fully saturated rings. The van der Waals surface area contributed by atoms with Crippen LogP contribution in [0.2, 0.25) is 0 Å². The Bertz CT molecular complexity index is 603. The van der Waals surface area contributed by atoms with E-state index in [2.05, 4.69) is 4.98 Å². The van der Waals surface area contributed by atoms with Crippen molar-refractivity contribution in [2.24, 2.45) is 0 Å². The first-order valence-electron chi connectivity index (χ1n) is 7.05. The Morgan fingerprint density at radius 3 is 2.67 bits per heavy atom. The summed E-state index contributed by atoms with van der Waals surface area (Å²) in [6.07, 6.45) is 4.86. The second-order valence-electron chi connectivity index (χ2n) is 5.29. The monoisotopic (exact) mass is 312 g/mol. The average Bonchev–Trinajstić information content (AvgIpc) is 2.92. The number of aryl methyl sites for hydroxylation is 1. The molecule has 0 saturated carbocycles. The Morgan fingerprint density at radius 1 is 1.43 bits per heavy atom. The van der Waals surface area contributed by atoms with Crippen molar-refractivity contribution in [2.45, 2.75) is 38.1 Å². The first-order chi connectivity index (χ1) is 9.92. The molecule has 1 aromatic rings. The van der Waals surface area contributed by atoms with Gasteiger partial charge in [0.15, 0.2) is 0 Å². The molecule has 1 atom stereocenters. The van der Waals surface area contributed by atoms with Crippen LogP contribution >= 0.6 is 0 Å². The molecule has 6 nitrogen and oxygen atoms in total. The predicted octanol–water partition coefficient (Wildman–Crippen LogP) is 1.28. The van der Waals surface area contributed by atoms with E-state index in [1.807, 2.05) is 0 Å². The number of hydrogen-bond acceptors (Lipinski definition) is 4. The van der Waals surface area contributed by atoms with Gasteiger partial charge in [-0.3, -0.25) is 9.78 Å². The fourth-order valence-corrected chi connectivity index (χ4v) is 4.84. The molecule has 0 amide bonds. The minimum atomic E-state index is -3.59. The molecule has 0 bridgehead atoms. The van der Waals surface area contributed by atoms with Crippen LogP contribution in [0.15, 0.2) is 24.5 Å². The van der Waals surface area contributed by atoms with Gasteiger partial charge >= 0.3 is 5.97 Å². The van der Waals surface area contributed by atoms with Gasteiger partial charge in [-0.1, -0.05) is 6.92 Å². The van der Waals surface area contributed by atoms with E-state index in [0.717, 1.165) is 5.56 Å². The van der Waals surface area contributed by atoms with Crippen molar-refractivity contribution >= 4 is 16.0 Å². The minimum Gasteiger partial charge on any atom is -0.480 e. The van der Waals surface area contributed by atoms with Crippen LogP contribution < -0.4 is 0 Å². The summed E-state index contributed by atoms with van der Waals surface area (Å²) in [6.45, 7) is 2.02. The number of carbonyl (C=O) groups is 1. The lowest BCUT2D eigenvalue weighted by atomic mass is 9.95. The number of nitrogens with zero attached hydrogens (tertiary/aromatic N) is 2. The molecule has 21 heavy (non-hydrogen) atoms. The Morgan fingerprint density at radius 2 is 2.10 bits per heavy atom. The van der Waals surface area contributed by atoms with Gasteiger partial charge in [0.05, 0.1) is 5.75 Å². The molecular formula is C14H20N2O4S. The Hall–Kier alpha value is -1.47. The average molecular weight is 312 g/mol. The molecule has 0 aromatic carbocycles. The van der Waals surface area contributed by atoms with Crippen LogP contribution in [0.25, 0.3) is 0 Å². The molecule has 0 radical (unpaired) electrons. The van der Waals surface area contributed by atoms with Gasteiger partial charge in [0.2, 0.25) is 10.0 Å². The van der Waals surface area contributed by atoms with Crippen molar-refractivity contribution in [3.63, 3.8) is 0 Å². The third-order valence-corrected chi connectivity index (χ3v) is 6.07. The fraction of sp³-hybridized carbons (Fsp3) is 0.571. The number of sulfonamides is 1. The Balaban J connectivity index is 2.17. The third kappa shape index (κ3) is 3.08. The van der Waals surface area contributed by atoms with Crippen molar-refractivity contribution in [3.05, 3.63) is 30.1 Å². The normalized spacial score (nSPS) is 23.3. The molecule has 0 aliphatic carbocycles. The van der Waals surface area contributed by atoms with Crippen LogP contribution in [0.3, 0.4) is 0 Å². The van der Waals surface area contributed by atoms with Gasteiger partial charge in [0.25, 0.3) is 0 Å². The fourth-order valence-electron chi connectivity index (χ4n) is 2.88. The van der Waals surface area contributed by atoms with Crippen LogP contribution in [0.1, 0.15) is 31.7 Å². The van der Waals surface area contributed by atoms with E-state index in [-0.39, 0.29) is 12.2 Å². The van der Waals surface area contributed by atoms with Gasteiger partial charge in [-0.2, -0.15) is 4.31 Å². The Labute approximate surface area is 124 Å². The van der Waals surface area contributed by atoms with Gasteiger partial charge in [0.1, 0.15) is 5.54 Å². The lowest BCUT2D eigenvalue weighted by Gasteiger charge is -2.32. The molecule has 2 rings (SSSR count). The van der Waals surface area contributed by atoms with Gasteiger partial charge < -0.3 is 5.11 Å². The molecule has 1 saturated heterocycles. The first kappa shape index (κ1) is 15.9. The summed E-state index contributed by atoms with van der Waals surface area (Å²) in [7, 11) is -3.59. The molecule has 1 aromatic heterocycles. The quantitative estimate of drug-likeness (QED) is 0.855. The second kappa shape index (κ2) is 6.11. The summed E-state index contributed by atoms with van der Waals surface area (Å²) in [5.41, 5.74) is -0.387. The maximum atomic E-state index is 12.5. The molecule has 1 N–H and O–H groups in total. The highest BCUT2D eigenvalue weighted by molar-refractivity contribution is 7.89. The largest absolute Gasteiger partial charge is 0.480 e. The molecule has 1 aliphatic heterocycles. The molecule has 7 heteroatoms. The van der Waals surface area contributed by atoms with Gasteiger partial charge in [-0.05, 0) is 43.4 Å². The van der Waals surface area contributed by atoms with E-state index in [1.54, 1.807) is 31.5 Å². The zero-order valence-electron chi connectivity index (χ0n) is 12.0. The van der Waals surface area contributed by atoms with Crippen molar-refractivity contribution < 1.29 is 18.3 Å². The molecule has 1 unspecified atom stereocenters. The smallest absolute Gasteiger partial charge is 0.325 e. The summed E-state index contributed by atoms with van der Waals surface area (Å²) in [5.74, 6) is -1.12. The highest BCUT2D eigenvalue weighted by atomic mass is 32.2. The van der Waals surface area contributed by atoms with Gasteiger partial charge in [-0.15, -0.1) is 0 Å². The topological polar surface area (TPSA) is 87.6 Å². The number of aromatic nitrogens is 1. The number of carboxylic acid groups (broad SMARTS) is 1. The number of carboxylic acids is 1. The van der Waals surface area contributed by atoms with Crippen molar-refractivity contribution in [3.8, 4) is 0 Å². The summed E-state index contributed by atoms with van der Waals surface area (Å²) in [6, 6.07) is 3.54. The number of pyridine rings is 1. The van der Waals surface area contributed by atoms with Crippen LogP contribution in [0.5, 0.6) is 0 Å². The highest BCUT2D eigenvalue weighted by Gasteiger charge is 2.51. The number of aliphatic carboxylic acids is 1. The van der Waals surface area contributed by atoms with Crippen LogP contribution in [0.4, 0.5) is 0 Å². The maximum Gasteiger partial charge on any atom is 0.325 e. The summed E-state index contributed by atoms with van der Waals surface area (Å²) >= 11 is 0. The molecule has 0 spiro atoms. The molecule has 116 valence electrons. The zero-order chi connectivity index (χ0) is 15.5. The standard InChI is InChI=1S/C14H20N2O4S/c1-2-14(13(17)18)7-3-10-16(14)21(19,20)11-6-12-4-8-15-9-5-12/h4-5,8-9H,2-3,6-7,10-11H2,1H3,(H,17,18). The highest BCUT2D eigenvalue weighted by Crippen LogP contribution is 2.35. The summed E-state index contributed by atoms with van der Waals surface area (Å²) < 4.78 is 26.3. The van der Waals surface area contributed by atoms with Gasteiger partial charge in [0, 0.05) is 18.9 Å². The van der Waals surface area contributed by atoms with E-state index in [1.165, 1.54) is 4.31 Å². The van der Waals surface area contributed by atoms with Crippen molar-refractivity contribution in [2.75, 3.05) is 12.3 Å². The number of rotatable bonds is 6. The summed E-state index contributed by atoms with van der Waals surface area (Å²) in [4.78, 5) is 15.5. The van der Waals surface area contributed by atoms with Crippen LogP contribution in [-0.2, 0) is 21.2 Å². The zero-order valence-corrected chi connectivity index (χ0v) is 12.8. The SMILES string of the molecule is CCC1(C(=O)O)CCCN1S(=O)(=O)CCc1ccncc1. The molecular weight excluding hydrogens is 292 g/mol. The van der Waals surface area contributed by atoms with Crippen LogP contribution in [0, 0.1) is 0 Å². The Kier molecular flexibility index (Phi) is 4.63. The lowest BCUT2D eigenvalue weighted by molar-refractivity contribution is -0.147. The molecule has 1 aliphatic rings. The van der Waals surface area contributed by atoms with E-state index in [0.29, 0.717) is 25.8 Å². The predicted molar refractivity (Wildman–Crippen MR) is 78.3 cm³/mol. The minimum absolute atomic E-state index is 0.0773. The second-order valence-corrected chi connectivity index (χ2v) is 7.30. The summed E-state index contributed by atoms with van der Waals surface area (Å²) in [5, 5.41) is 9.47. The van der Waals surface area contributed by atoms with Crippen LogP contribution in [-0.4, -0.2) is 46.6 Å². The van der Waals surface area contributed by atoms with E-state index >= 15 is 0 Å². The third-order valence-electron chi connectivity index (χ3n) is 4.15. The number of hydrogen-bond donors (Lipinski definition) is 1. The van der Waals surface area contributed by atoms with Crippen molar-refractivity contribution in [1.29, 1.82) is 0 Å². The lowest BCUT2D eigenvalue weighted by Crippen LogP contribution is -2.53. The van der Waals surface area contributed by atoms with E-state index < -0.39 is 21.5 Å².